The van der Waals surface area contributed by atoms with Crippen molar-refractivity contribution in [1.29, 1.82) is 0 Å². The van der Waals surface area contributed by atoms with Gasteiger partial charge < -0.3 is 10.2 Å². The predicted molar refractivity (Wildman–Crippen MR) is 76.0 cm³/mol. The van der Waals surface area contributed by atoms with Crippen LogP contribution in [0.4, 0.5) is 0 Å². The second-order valence-corrected chi connectivity index (χ2v) is 4.93. The van der Waals surface area contributed by atoms with Crippen molar-refractivity contribution in [1.82, 2.24) is 0 Å². The van der Waals surface area contributed by atoms with Crippen molar-refractivity contribution in [2.24, 2.45) is 0 Å². The molecule has 0 radical (unpaired) electrons. The standard InChI is InChI=1S/C16H12O4/c1-7-8(2)10-4-3-9(7)11-5-6-12(15(17)18)14(13(10)11)16(19)20/h3-6H,1-2H3,(H,17,18)(H,19,20). The van der Waals surface area contributed by atoms with Crippen LogP contribution in [-0.2, 0) is 0 Å². The molecule has 4 aromatic carbocycles. The van der Waals surface area contributed by atoms with Gasteiger partial charge in [0.25, 0.3) is 0 Å². The van der Waals surface area contributed by atoms with E-state index < -0.39 is 11.9 Å². The van der Waals surface area contributed by atoms with Crippen molar-refractivity contribution in [3.05, 3.63) is 46.5 Å². The van der Waals surface area contributed by atoms with Crippen LogP contribution < -0.4 is 0 Å². The maximum atomic E-state index is 11.5. The van der Waals surface area contributed by atoms with Gasteiger partial charge in [0.2, 0.25) is 0 Å². The number of benzene rings is 4. The van der Waals surface area contributed by atoms with Gasteiger partial charge in [0, 0.05) is 5.39 Å². The smallest absolute Gasteiger partial charge is 0.337 e. The Balaban J connectivity index is 2.64. The summed E-state index contributed by atoms with van der Waals surface area (Å²) in [7, 11) is 0. The molecular formula is C16H12O4. The quantitative estimate of drug-likeness (QED) is 0.746. The zero-order valence-electron chi connectivity index (χ0n) is 11.0. The molecule has 0 unspecified atom stereocenters. The van der Waals surface area contributed by atoms with Crippen LogP contribution >= 0.6 is 0 Å². The van der Waals surface area contributed by atoms with Gasteiger partial charge in [-0.05, 0) is 47.2 Å². The van der Waals surface area contributed by atoms with E-state index in [9.17, 15) is 19.8 Å². The lowest BCUT2D eigenvalue weighted by Gasteiger charge is -2.17. The van der Waals surface area contributed by atoms with Crippen molar-refractivity contribution in [3.63, 3.8) is 0 Å². The molecule has 0 aromatic heterocycles. The van der Waals surface area contributed by atoms with E-state index in [1.807, 2.05) is 26.0 Å². The van der Waals surface area contributed by atoms with E-state index in [0.717, 1.165) is 27.3 Å². The molecule has 2 bridgehead atoms. The van der Waals surface area contributed by atoms with Gasteiger partial charge in [-0.25, -0.2) is 9.59 Å². The molecule has 0 saturated heterocycles. The molecule has 100 valence electrons. The predicted octanol–water partition coefficient (Wildman–Crippen LogP) is 3.44. The third kappa shape index (κ3) is 1.42. The maximum Gasteiger partial charge on any atom is 0.337 e. The minimum Gasteiger partial charge on any atom is -0.478 e. The normalized spacial score (nSPS) is 11.3. The van der Waals surface area contributed by atoms with Gasteiger partial charge in [0.1, 0.15) is 0 Å². The Kier molecular flexibility index (Phi) is 2.44. The first-order valence-corrected chi connectivity index (χ1v) is 6.18. The average molecular weight is 268 g/mol. The summed E-state index contributed by atoms with van der Waals surface area (Å²) in [5.74, 6) is -2.43. The van der Waals surface area contributed by atoms with Gasteiger partial charge in [-0.3, -0.25) is 0 Å². The highest BCUT2D eigenvalue weighted by Gasteiger charge is 2.23. The molecular weight excluding hydrogens is 256 g/mol. The highest BCUT2D eigenvalue weighted by Crippen LogP contribution is 2.37. The Labute approximate surface area is 114 Å². The van der Waals surface area contributed by atoms with E-state index in [4.69, 9.17) is 0 Å². The topological polar surface area (TPSA) is 74.6 Å². The number of hydrogen-bond acceptors (Lipinski definition) is 2. The minimum absolute atomic E-state index is 0.126. The van der Waals surface area contributed by atoms with Gasteiger partial charge in [-0.2, -0.15) is 0 Å². The fourth-order valence-corrected chi connectivity index (χ4v) is 2.89. The van der Waals surface area contributed by atoms with Gasteiger partial charge in [-0.1, -0.05) is 18.2 Å². The zero-order chi connectivity index (χ0) is 14.6. The van der Waals surface area contributed by atoms with E-state index in [1.54, 1.807) is 6.07 Å². The van der Waals surface area contributed by atoms with Crippen molar-refractivity contribution < 1.29 is 19.8 Å². The van der Waals surface area contributed by atoms with Crippen molar-refractivity contribution in [2.75, 3.05) is 0 Å². The highest BCUT2D eigenvalue weighted by molar-refractivity contribution is 6.22. The second-order valence-electron chi connectivity index (χ2n) is 4.93. The molecule has 0 spiro atoms. The average Bonchev–Trinajstić information content (AvgIpc) is 2.41. The van der Waals surface area contributed by atoms with Crippen LogP contribution in [0.3, 0.4) is 0 Å². The number of carboxylic acids is 2. The molecule has 0 aliphatic rings. The van der Waals surface area contributed by atoms with Crippen LogP contribution in [0.1, 0.15) is 31.8 Å². The molecule has 4 heteroatoms. The number of carboxylic acid groups (broad SMARTS) is 2. The monoisotopic (exact) mass is 268 g/mol. The Hall–Kier alpha value is -2.62. The maximum absolute atomic E-state index is 11.5. The molecule has 0 saturated carbocycles. The Bertz CT molecular complexity index is 877. The summed E-state index contributed by atoms with van der Waals surface area (Å²) >= 11 is 0. The summed E-state index contributed by atoms with van der Waals surface area (Å²) in [6, 6.07) is 6.87. The minimum atomic E-state index is -1.22. The first kappa shape index (κ1) is 12.4. The highest BCUT2D eigenvalue weighted by atomic mass is 16.4. The molecule has 0 aliphatic heterocycles. The van der Waals surface area contributed by atoms with Crippen molar-refractivity contribution >= 4 is 33.5 Å². The van der Waals surface area contributed by atoms with E-state index in [1.165, 1.54) is 6.07 Å². The van der Waals surface area contributed by atoms with Crippen LogP contribution in [-0.4, -0.2) is 22.2 Å². The van der Waals surface area contributed by atoms with Gasteiger partial charge in [-0.15, -0.1) is 0 Å². The molecule has 2 N–H and O–H groups in total. The van der Waals surface area contributed by atoms with Crippen LogP contribution in [0.2, 0.25) is 0 Å². The Morgan fingerprint density at radius 1 is 0.800 bits per heavy atom. The second kappa shape index (κ2) is 3.93. The fourth-order valence-electron chi connectivity index (χ4n) is 2.89. The molecule has 0 amide bonds. The Morgan fingerprint density at radius 3 is 1.95 bits per heavy atom. The number of carbonyl (C=O) groups is 2. The van der Waals surface area contributed by atoms with Crippen molar-refractivity contribution in [2.45, 2.75) is 13.8 Å². The summed E-state index contributed by atoms with van der Waals surface area (Å²) < 4.78 is 0. The summed E-state index contributed by atoms with van der Waals surface area (Å²) in [6.45, 7) is 3.92. The third-order valence-electron chi connectivity index (χ3n) is 4.00. The van der Waals surface area contributed by atoms with E-state index >= 15 is 0 Å². The molecule has 4 rings (SSSR count). The van der Waals surface area contributed by atoms with Crippen LogP contribution in [0, 0.1) is 13.8 Å². The lowest BCUT2D eigenvalue weighted by molar-refractivity contribution is 0.0653. The first-order valence-electron chi connectivity index (χ1n) is 6.18. The lowest BCUT2D eigenvalue weighted by atomic mass is 9.86. The first-order chi connectivity index (χ1) is 9.43. The van der Waals surface area contributed by atoms with Crippen LogP contribution in [0.25, 0.3) is 21.5 Å². The lowest BCUT2D eigenvalue weighted by Crippen LogP contribution is -2.09. The van der Waals surface area contributed by atoms with Gasteiger partial charge >= 0.3 is 11.9 Å². The molecule has 4 aromatic rings. The summed E-state index contributed by atoms with van der Waals surface area (Å²) in [5, 5.41) is 21.7. The molecule has 0 aliphatic carbocycles. The van der Waals surface area contributed by atoms with E-state index in [0.29, 0.717) is 5.39 Å². The number of rotatable bonds is 2. The summed E-state index contributed by atoms with van der Waals surface area (Å²) in [5.41, 5.74) is 1.81. The van der Waals surface area contributed by atoms with E-state index in [2.05, 4.69) is 0 Å². The fraction of sp³-hybridized carbons (Fsp3) is 0.125. The van der Waals surface area contributed by atoms with Gasteiger partial charge in [0.15, 0.2) is 0 Å². The molecule has 4 nitrogen and oxygen atoms in total. The van der Waals surface area contributed by atoms with Gasteiger partial charge in [0.05, 0.1) is 11.1 Å². The Morgan fingerprint density at radius 2 is 1.35 bits per heavy atom. The molecule has 0 atom stereocenters. The molecule has 0 heterocycles. The largest absolute Gasteiger partial charge is 0.478 e. The summed E-state index contributed by atoms with van der Waals surface area (Å²) in [4.78, 5) is 22.8. The molecule has 0 fully saturated rings. The van der Waals surface area contributed by atoms with Crippen LogP contribution in [0.5, 0.6) is 0 Å². The SMILES string of the molecule is Cc1c(C)c2ccc1c1ccc(C(=O)O)c(C(=O)O)c21. The number of fused-ring (bicyclic) bond motifs is 2. The number of aromatic carboxylic acids is 2. The molecule has 20 heavy (non-hydrogen) atoms. The van der Waals surface area contributed by atoms with Crippen LogP contribution in [0.15, 0.2) is 24.3 Å². The van der Waals surface area contributed by atoms with Crippen molar-refractivity contribution in [3.8, 4) is 0 Å². The van der Waals surface area contributed by atoms with E-state index in [-0.39, 0.29) is 11.1 Å². The zero-order valence-corrected chi connectivity index (χ0v) is 11.0. The summed E-state index contributed by atoms with van der Waals surface area (Å²) in [6.07, 6.45) is 0. The third-order valence-corrected chi connectivity index (χ3v) is 4.00. The number of hydrogen-bond donors (Lipinski definition) is 2. The number of aryl methyl sites for hydroxylation is 2.